The molecule has 2 aliphatic rings. The highest BCUT2D eigenvalue weighted by Gasteiger charge is 2.48. The molecule has 2 heterocycles. The van der Waals surface area contributed by atoms with Crippen molar-refractivity contribution in [2.75, 3.05) is 0 Å². The summed E-state index contributed by atoms with van der Waals surface area (Å²) in [6.45, 7) is 1.71. The minimum Gasteiger partial charge on any atom is -0.474 e. The number of hydrogen-bond donors (Lipinski definition) is 1. The minimum atomic E-state index is -1.02. The van der Waals surface area contributed by atoms with Crippen molar-refractivity contribution in [3.05, 3.63) is 29.8 Å². The SMILES string of the molecule is CC1=NC2c3ccccc3OC(C(=O)OO)C2O1. The van der Waals surface area contributed by atoms with Crippen molar-refractivity contribution < 1.29 is 24.4 Å². The van der Waals surface area contributed by atoms with Crippen LogP contribution >= 0.6 is 0 Å². The Labute approximate surface area is 103 Å². The molecule has 3 atom stereocenters. The Morgan fingerprint density at radius 2 is 2.17 bits per heavy atom. The van der Waals surface area contributed by atoms with E-state index in [1.807, 2.05) is 12.1 Å². The van der Waals surface area contributed by atoms with Crippen LogP contribution in [0.15, 0.2) is 29.3 Å². The molecule has 1 aromatic carbocycles. The van der Waals surface area contributed by atoms with Gasteiger partial charge in [0.1, 0.15) is 11.8 Å². The van der Waals surface area contributed by atoms with Gasteiger partial charge in [0.15, 0.2) is 12.0 Å². The number of rotatable bonds is 1. The summed E-state index contributed by atoms with van der Waals surface area (Å²) in [7, 11) is 0. The lowest BCUT2D eigenvalue weighted by Gasteiger charge is -2.31. The Bertz CT molecular complexity index is 527. The zero-order valence-electron chi connectivity index (χ0n) is 9.57. The van der Waals surface area contributed by atoms with E-state index in [1.54, 1.807) is 19.1 Å². The van der Waals surface area contributed by atoms with Crippen LogP contribution in [0.1, 0.15) is 18.5 Å². The molecule has 6 nitrogen and oxygen atoms in total. The smallest absolute Gasteiger partial charge is 0.386 e. The highest BCUT2D eigenvalue weighted by atomic mass is 17.1. The van der Waals surface area contributed by atoms with E-state index < -0.39 is 18.2 Å². The van der Waals surface area contributed by atoms with Gasteiger partial charge in [-0.05, 0) is 6.07 Å². The first-order chi connectivity index (χ1) is 8.70. The Hall–Kier alpha value is -2.08. The predicted octanol–water partition coefficient (Wildman–Crippen LogP) is 1.32. The van der Waals surface area contributed by atoms with Crippen molar-refractivity contribution in [2.45, 2.75) is 25.2 Å². The van der Waals surface area contributed by atoms with E-state index in [0.29, 0.717) is 11.6 Å². The molecule has 0 amide bonds. The molecule has 1 N–H and O–H groups in total. The van der Waals surface area contributed by atoms with Crippen LogP contribution in [-0.2, 0) is 14.4 Å². The van der Waals surface area contributed by atoms with E-state index in [-0.39, 0.29) is 6.04 Å². The lowest BCUT2D eigenvalue weighted by molar-refractivity contribution is -0.245. The second-order valence-corrected chi connectivity index (χ2v) is 4.16. The third-order valence-electron chi connectivity index (χ3n) is 3.05. The Morgan fingerprint density at radius 3 is 2.94 bits per heavy atom. The van der Waals surface area contributed by atoms with Crippen LogP contribution in [0.4, 0.5) is 0 Å². The molecule has 18 heavy (non-hydrogen) atoms. The molecule has 1 aromatic rings. The molecule has 0 fully saturated rings. The van der Waals surface area contributed by atoms with Gasteiger partial charge in [0.25, 0.3) is 0 Å². The fraction of sp³-hybridized carbons (Fsp3) is 0.333. The standard InChI is InChI=1S/C12H11NO5/c1-6-13-9-7-4-2-3-5-8(7)17-11(10(9)16-6)12(14)18-15/h2-5,9-11,15H,1H3. The third kappa shape index (κ3) is 1.53. The third-order valence-corrected chi connectivity index (χ3v) is 3.05. The highest BCUT2D eigenvalue weighted by molar-refractivity contribution is 5.80. The fourth-order valence-corrected chi connectivity index (χ4v) is 2.31. The average Bonchev–Trinajstić information content (AvgIpc) is 2.78. The molecule has 3 unspecified atom stereocenters. The van der Waals surface area contributed by atoms with Crippen LogP contribution in [0.2, 0.25) is 0 Å². The van der Waals surface area contributed by atoms with E-state index in [2.05, 4.69) is 9.88 Å². The monoisotopic (exact) mass is 249 g/mol. The molecule has 94 valence electrons. The minimum absolute atomic E-state index is 0.306. The number of benzene rings is 1. The molecule has 0 saturated heterocycles. The largest absolute Gasteiger partial charge is 0.474 e. The summed E-state index contributed by atoms with van der Waals surface area (Å²) < 4.78 is 11.0. The number of aliphatic imine (C=N–C) groups is 1. The molecule has 0 aliphatic carbocycles. The van der Waals surface area contributed by atoms with Crippen molar-refractivity contribution in [2.24, 2.45) is 4.99 Å². The second kappa shape index (κ2) is 3.99. The van der Waals surface area contributed by atoms with Gasteiger partial charge >= 0.3 is 5.97 Å². The van der Waals surface area contributed by atoms with E-state index in [0.717, 1.165) is 5.56 Å². The summed E-state index contributed by atoms with van der Waals surface area (Å²) in [5.41, 5.74) is 0.862. The predicted molar refractivity (Wildman–Crippen MR) is 60.3 cm³/mol. The Balaban J connectivity index is 2.04. The molecule has 0 saturated carbocycles. The van der Waals surface area contributed by atoms with Gasteiger partial charge < -0.3 is 9.47 Å². The van der Waals surface area contributed by atoms with Gasteiger partial charge in [-0.1, -0.05) is 18.2 Å². The van der Waals surface area contributed by atoms with Crippen molar-refractivity contribution >= 4 is 11.9 Å². The van der Waals surface area contributed by atoms with Crippen LogP contribution in [0.3, 0.4) is 0 Å². The Morgan fingerprint density at radius 1 is 1.39 bits per heavy atom. The molecule has 0 radical (unpaired) electrons. The molecule has 3 rings (SSSR count). The van der Waals surface area contributed by atoms with Crippen LogP contribution in [0.5, 0.6) is 5.75 Å². The molecule has 6 heteroatoms. The van der Waals surface area contributed by atoms with Crippen molar-refractivity contribution in [3.8, 4) is 5.75 Å². The number of hydrogen-bond acceptors (Lipinski definition) is 6. The van der Waals surface area contributed by atoms with Crippen molar-refractivity contribution in [1.82, 2.24) is 0 Å². The van der Waals surface area contributed by atoms with Gasteiger partial charge in [-0.25, -0.2) is 9.79 Å². The maximum Gasteiger partial charge on any atom is 0.386 e. The zero-order chi connectivity index (χ0) is 12.7. The lowest BCUT2D eigenvalue weighted by Crippen LogP contribution is -2.45. The molecule has 0 aromatic heterocycles. The second-order valence-electron chi connectivity index (χ2n) is 4.16. The first-order valence-electron chi connectivity index (χ1n) is 5.52. The van der Waals surface area contributed by atoms with Gasteiger partial charge in [-0.2, -0.15) is 5.26 Å². The van der Waals surface area contributed by atoms with E-state index in [9.17, 15) is 4.79 Å². The topological polar surface area (TPSA) is 77.4 Å². The fourth-order valence-electron chi connectivity index (χ4n) is 2.31. The van der Waals surface area contributed by atoms with Crippen LogP contribution in [-0.4, -0.2) is 29.3 Å². The highest BCUT2D eigenvalue weighted by Crippen LogP contribution is 2.41. The van der Waals surface area contributed by atoms with E-state index in [4.69, 9.17) is 14.7 Å². The summed E-state index contributed by atoms with van der Waals surface area (Å²) >= 11 is 0. The Kier molecular flexibility index (Phi) is 2.45. The number of ether oxygens (including phenoxy) is 2. The number of nitrogens with zero attached hydrogens (tertiary/aromatic N) is 1. The molecule has 0 spiro atoms. The number of fused-ring (bicyclic) bond motifs is 3. The van der Waals surface area contributed by atoms with Gasteiger partial charge in [-0.15, -0.1) is 0 Å². The van der Waals surface area contributed by atoms with Gasteiger partial charge in [-0.3, -0.25) is 4.89 Å². The van der Waals surface area contributed by atoms with E-state index in [1.165, 1.54) is 0 Å². The summed E-state index contributed by atoms with van der Waals surface area (Å²) in [6, 6.07) is 6.98. The molecular formula is C12H11NO5. The number of carbonyl (C=O) groups excluding carboxylic acids is 1. The van der Waals surface area contributed by atoms with Gasteiger partial charge in [0, 0.05) is 12.5 Å². The molecule has 2 aliphatic heterocycles. The normalized spacial score (nSPS) is 28.3. The number of para-hydroxylation sites is 1. The van der Waals surface area contributed by atoms with Crippen LogP contribution < -0.4 is 4.74 Å². The maximum absolute atomic E-state index is 11.5. The molecular weight excluding hydrogens is 238 g/mol. The maximum atomic E-state index is 11.5. The summed E-state index contributed by atoms with van der Waals surface area (Å²) in [4.78, 5) is 19.6. The van der Waals surface area contributed by atoms with Crippen molar-refractivity contribution in [3.63, 3.8) is 0 Å². The molecule has 0 bridgehead atoms. The van der Waals surface area contributed by atoms with Crippen molar-refractivity contribution in [1.29, 1.82) is 0 Å². The van der Waals surface area contributed by atoms with Gasteiger partial charge in [0.05, 0.1) is 0 Å². The van der Waals surface area contributed by atoms with Crippen LogP contribution in [0, 0.1) is 0 Å². The van der Waals surface area contributed by atoms with E-state index >= 15 is 0 Å². The average molecular weight is 249 g/mol. The first-order valence-corrected chi connectivity index (χ1v) is 5.52. The summed E-state index contributed by atoms with van der Waals surface area (Å²) in [6.07, 6.45) is -1.62. The number of carbonyl (C=O) groups is 1. The summed E-state index contributed by atoms with van der Waals surface area (Å²) in [5, 5.41) is 8.50. The zero-order valence-corrected chi connectivity index (χ0v) is 9.57. The lowest BCUT2D eigenvalue weighted by atomic mass is 9.94. The summed E-state index contributed by atoms with van der Waals surface area (Å²) in [5.74, 6) is 0.154. The quantitative estimate of drug-likeness (QED) is 0.600. The van der Waals surface area contributed by atoms with Crippen LogP contribution in [0.25, 0.3) is 0 Å². The first kappa shape index (κ1) is 11.0. The van der Waals surface area contributed by atoms with Gasteiger partial charge in [0.2, 0.25) is 6.10 Å².